The van der Waals surface area contributed by atoms with Crippen molar-refractivity contribution in [1.29, 1.82) is 0 Å². The van der Waals surface area contributed by atoms with Gasteiger partial charge < -0.3 is 19.3 Å². The minimum absolute atomic E-state index is 0.0850. The third-order valence-corrected chi connectivity index (χ3v) is 4.79. The fourth-order valence-electron chi connectivity index (χ4n) is 3.22. The Morgan fingerprint density at radius 3 is 2.14 bits per heavy atom. The number of rotatable bonds is 6. The normalized spacial score (nSPS) is 15.2. The average molecular weight is 391 g/mol. The number of likely N-dealkylation sites (N-methyl/N-ethyl adjacent to an activating group) is 1. The highest BCUT2D eigenvalue weighted by molar-refractivity contribution is 5.78. The fraction of sp³-hybridized carbons (Fsp3) is 0.636. The number of carbonyl (C=O) groups excluding carboxylic acids is 2. The lowest BCUT2D eigenvalue weighted by atomic mass is 10.1. The number of benzene rings is 1. The molecule has 156 valence electrons. The molecule has 0 aliphatic carbocycles. The van der Waals surface area contributed by atoms with Crippen molar-refractivity contribution in [3.63, 3.8) is 0 Å². The molecule has 0 aromatic heterocycles. The molecule has 1 aliphatic rings. The minimum atomic E-state index is -0.473. The summed E-state index contributed by atoms with van der Waals surface area (Å²) in [5, 5.41) is 0. The highest BCUT2D eigenvalue weighted by Gasteiger charge is 2.27. The average Bonchev–Trinajstić information content (AvgIpc) is 2.63. The first-order valence-corrected chi connectivity index (χ1v) is 10.2. The molecule has 0 unspecified atom stereocenters. The van der Waals surface area contributed by atoms with E-state index in [0.29, 0.717) is 19.5 Å². The largest absolute Gasteiger partial charge is 0.490 e. The summed E-state index contributed by atoms with van der Waals surface area (Å²) in [5.41, 5.74) is 0.516. The monoisotopic (exact) mass is 390 g/mol. The first-order valence-electron chi connectivity index (χ1n) is 10.2. The molecule has 1 fully saturated rings. The van der Waals surface area contributed by atoms with Crippen LogP contribution in [0.2, 0.25) is 0 Å². The molecule has 0 saturated carbocycles. The molecule has 6 nitrogen and oxygen atoms in total. The Kier molecular flexibility index (Phi) is 7.72. The Morgan fingerprint density at radius 1 is 1.07 bits per heavy atom. The SMILES string of the molecule is CCN(CC)C(=O)Cc1ccc(OC2CCN(C(=O)OC(C)(C)C)CC2)cc1. The second-order valence-corrected chi connectivity index (χ2v) is 8.17. The second kappa shape index (κ2) is 9.80. The van der Waals surface area contributed by atoms with E-state index in [1.165, 1.54) is 0 Å². The van der Waals surface area contributed by atoms with E-state index >= 15 is 0 Å². The molecule has 0 atom stereocenters. The summed E-state index contributed by atoms with van der Waals surface area (Å²) in [6.45, 7) is 12.3. The molecular weight excluding hydrogens is 356 g/mol. The van der Waals surface area contributed by atoms with Crippen LogP contribution in [0, 0.1) is 0 Å². The molecule has 0 spiro atoms. The lowest BCUT2D eigenvalue weighted by Crippen LogP contribution is -2.44. The number of likely N-dealkylation sites (tertiary alicyclic amines) is 1. The Morgan fingerprint density at radius 2 is 1.64 bits per heavy atom. The summed E-state index contributed by atoms with van der Waals surface area (Å²) < 4.78 is 11.5. The number of carbonyl (C=O) groups is 2. The van der Waals surface area contributed by atoms with E-state index in [1.807, 2.05) is 63.8 Å². The molecule has 6 heteroatoms. The second-order valence-electron chi connectivity index (χ2n) is 8.17. The van der Waals surface area contributed by atoms with Crippen molar-refractivity contribution in [2.75, 3.05) is 26.2 Å². The lowest BCUT2D eigenvalue weighted by Gasteiger charge is -2.33. The maximum atomic E-state index is 12.2. The van der Waals surface area contributed by atoms with E-state index < -0.39 is 5.60 Å². The van der Waals surface area contributed by atoms with Gasteiger partial charge in [0.05, 0.1) is 6.42 Å². The topological polar surface area (TPSA) is 59.1 Å². The number of nitrogens with zero attached hydrogens (tertiary/aromatic N) is 2. The van der Waals surface area contributed by atoms with Gasteiger partial charge in [-0.1, -0.05) is 12.1 Å². The number of hydrogen-bond donors (Lipinski definition) is 0. The van der Waals surface area contributed by atoms with Gasteiger partial charge in [-0.15, -0.1) is 0 Å². The summed E-state index contributed by atoms with van der Waals surface area (Å²) in [5.74, 6) is 0.947. The zero-order valence-electron chi connectivity index (χ0n) is 17.9. The van der Waals surface area contributed by atoms with Gasteiger partial charge in [0.25, 0.3) is 0 Å². The smallest absolute Gasteiger partial charge is 0.410 e. The number of hydrogen-bond acceptors (Lipinski definition) is 4. The molecule has 0 radical (unpaired) electrons. The van der Waals surface area contributed by atoms with Crippen LogP contribution in [-0.2, 0) is 16.0 Å². The summed E-state index contributed by atoms with van der Waals surface area (Å²) in [6.07, 6.45) is 1.80. The number of piperidine rings is 1. The van der Waals surface area contributed by atoms with Gasteiger partial charge in [-0.25, -0.2) is 4.79 Å². The number of amides is 2. The summed E-state index contributed by atoms with van der Waals surface area (Å²) in [7, 11) is 0. The van der Waals surface area contributed by atoms with Gasteiger partial charge in [-0.2, -0.15) is 0 Å². The molecule has 1 aromatic rings. The molecular formula is C22H34N2O4. The lowest BCUT2D eigenvalue weighted by molar-refractivity contribution is -0.130. The van der Waals surface area contributed by atoms with Crippen LogP contribution in [0.3, 0.4) is 0 Å². The van der Waals surface area contributed by atoms with Crippen molar-refractivity contribution >= 4 is 12.0 Å². The molecule has 1 aromatic carbocycles. The van der Waals surface area contributed by atoms with Crippen LogP contribution in [0.4, 0.5) is 4.79 Å². The molecule has 0 N–H and O–H groups in total. The maximum Gasteiger partial charge on any atom is 0.410 e. The molecule has 28 heavy (non-hydrogen) atoms. The van der Waals surface area contributed by atoms with Crippen LogP contribution in [0.15, 0.2) is 24.3 Å². The van der Waals surface area contributed by atoms with Crippen LogP contribution in [0.1, 0.15) is 53.0 Å². The minimum Gasteiger partial charge on any atom is -0.490 e. The fourth-order valence-corrected chi connectivity index (χ4v) is 3.22. The Bertz CT molecular complexity index is 639. The molecule has 0 bridgehead atoms. The van der Waals surface area contributed by atoms with Crippen LogP contribution in [-0.4, -0.2) is 59.7 Å². The highest BCUT2D eigenvalue weighted by Crippen LogP contribution is 2.21. The summed E-state index contributed by atoms with van der Waals surface area (Å²) >= 11 is 0. The van der Waals surface area contributed by atoms with Gasteiger partial charge in [0.15, 0.2) is 0 Å². The van der Waals surface area contributed by atoms with Crippen molar-refractivity contribution in [1.82, 2.24) is 9.80 Å². The predicted octanol–water partition coefficient (Wildman–Crippen LogP) is 3.88. The molecule has 2 amide bonds. The third kappa shape index (κ3) is 6.73. The quantitative estimate of drug-likeness (QED) is 0.740. The Balaban J connectivity index is 1.81. The van der Waals surface area contributed by atoms with Crippen molar-refractivity contribution in [3.05, 3.63) is 29.8 Å². The van der Waals surface area contributed by atoms with Gasteiger partial charge in [-0.3, -0.25) is 4.79 Å². The number of ether oxygens (including phenoxy) is 2. The molecule has 2 rings (SSSR count). The van der Waals surface area contributed by atoms with Gasteiger partial charge in [-0.05, 0) is 52.3 Å². The zero-order valence-corrected chi connectivity index (χ0v) is 17.9. The standard InChI is InChI=1S/C22H34N2O4/c1-6-23(7-2)20(25)16-17-8-10-18(11-9-17)27-19-12-14-24(15-13-19)21(26)28-22(3,4)5/h8-11,19H,6-7,12-16H2,1-5H3. The van der Waals surface area contributed by atoms with Gasteiger partial charge >= 0.3 is 6.09 Å². The van der Waals surface area contributed by atoms with Crippen molar-refractivity contribution in [3.8, 4) is 5.75 Å². The third-order valence-electron chi connectivity index (χ3n) is 4.79. The van der Waals surface area contributed by atoms with E-state index in [1.54, 1.807) is 4.90 Å². The zero-order chi connectivity index (χ0) is 20.7. The van der Waals surface area contributed by atoms with Crippen LogP contribution in [0.25, 0.3) is 0 Å². The van der Waals surface area contributed by atoms with E-state index in [2.05, 4.69) is 0 Å². The van der Waals surface area contributed by atoms with E-state index in [4.69, 9.17) is 9.47 Å². The van der Waals surface area contributed by atoms with E-state index in [9.17, 15) is 9.59 Å². The predicted molar refractivity (Wildman–Crippen MR) is 110 cm³/mol. The Hall–Kier alpha value is -2.24. The maximum absolute atomic E-state index is 12.2. The molecule has 1 heterocycles. The van der Waals surface area contributed by atoms with Crippen LogP contribution < -0.4 is 4.74 Å². The summed E-state index contributed by atoms with van der Waals surface area (Å²) in [4.78, 5) is 27.9. The first-order chi connectivity index (χ1) is 13.2. The van der Waals surface area contributed by atoms with Crippen LogP contribution >= 0.6 is 0 Å². The van der Waals surface area contributed by atoms with Crippen molar-refractivity contribution < 1.29 is 19.1 Å². The molecule has 1 saturated heterocycles. The van der Waals surface area contributed by atoms with Crippen LogP contribution in [0.5, 0.6) is 5.75 Å². The van der Waals surface area contributed by atoms with Crippen molar-refractivity contribution in [2.24, 2.45) is 0 Å². The van der Waals surface area contributed by atoms with Gasteiger partial charge in [0, 0.05) is 39.0 Å². The van der Waals surface area contributed by atoms with E-state index in [-0.39, 0.29) is 18.1 Å². The molecule has 1 aliphatic heterocycles. The Labute approximate surface area is 168 Å². The first kappa shape index (κ1) is 22.1. The highest BCUT2D eigenvalue weighted by atomic mass is 16.6. The van der Waals surface area contributed by atoms with Gasteiger partial charge in [0.1, 0.15) is 17.5 Å². The van der Waals surface area contributed by atoms with Crippen molar-refractivity contribution in [2.45, 2.75) is 65.6 Å². The van der Waals surface area contributed by atoms with Gasteiger partial charge in [0.2, 0.25) is 5.91 Å². The van der Waals surface area contributed by atoms with E-state index in [0.717, 1.165) is 37.2 Å². The summed E-state index contributed by atoms with van der Waals surface area (Å²) in [6, 6.07) is 7.75.